The van der Waals surface area contributed by atoms with Crippen LogP contribution in [-0.4, -0.2) is 16.6 Å². The molecule has 0 spiro atoms. The van der Waals surface area contributed by atoms with Crippen molar-refractivity contribution in [3.8, 4) is 0 Å². The van der Waals surface area contributed by atoms with Gasteiger partial charge in [0.15, 0.2) is 11.6 Å². The molecule has 0 unspecified atom stereocenters. The second-order valence-corrected chi connectivity index (χ2v) is 6.96. The number of aryl methyl sites for hydroxylation is 2. The third kappa shape index (κ3) is 2.52. The van der Waals surface area contributed by atoms with E-state index in [1.165, 1.54) is 23.3 Å². The molecule has 5 nitrogen and oxygen atoms in total. The predicted octanol–water partition coefficient (Wildman–Crippen LogP) is 3.13. The van der Waals surface area contributed by atoms with Crippen LogP contribution in [0.25, 0.3) is 10.2 Å². The van der Waals surface area contributed by atoms with Crippen molar-refractivity contribution in [3.05, 3.63) is 16.3 Å². The van der Waals surface area contributed by atoms with Crippen LogP contribution in [0.2, 0.25) is 0 Å². The molecule has 0 fully saturated rings. The van der Waals surface area contributed by atoms with Crippen LogP contribution >= 0.6 is 11.3 Å². The molecule has 0 radical (unpaired) electrons. The molecule has 2 heterocycles. The molecule has 1 aliphatic rings. The number of nitrogens with zero attached hydrogens (tertiary/aromatic N) is 2. The standard InChI is InChI=1S/C15H22N4OS/c1-4-20-15(2,3)14-17-12(19-16)11-9-7-5-6-8-10(9)21-13(11)18-14/h4-8,16H2,1-3H3,(H,17,18,19). The molecule has 0 atom stereocenters. The summed E-state index contributed by atoms with van der Waals surface area (Å²) in [4.78, 5) is 11.8. The zero-order valence-corrected chi connectivity index (χ0v) is 13.6. The summed E-state index contributed by atoms with van der Waals surface area (Å²) in [6, 6.07) is 0. The minimum absolute atomic E-state index is 0.515. The summed E-state index contributed by atoms with van der Waals surface area (Å²) in [6.45, 7) is 6.59. The molecule has 2 aromatic rings. The molecule has 3 N–H and O–H groups in total. The van der Waals surface area contributed by atoms with E-state index in [1.54, 1.807) is 11.3 Å². The van der Waals surface area contributed by atoms with Crippen LogP contribution < -0.4 is 11.3 Å². The molecule has 0 aromatic carbocycles. The molecule has 0 bridgehead atoms. The Hall–Kier alpha value is -1.24. The van der Waals surface area contributed by atoms with Crippen molar-refractivity contribution in [2.24, 2.45) is 5.84 Å². The highest BCUT2D eigenvalue weighted by molar-refractivity contribution is 7.19. The van der Waals surface area contributed by atoms with E-state index in [4.69, 9.17) is 15.6 Å². The van der Waals surface area contributed by atoms with Crippen molar-refractivity contribution in [1.82, 2.24) is 9.97 Å². The van der Waals surface area contributed by atoms with Crippen molar-refractivity contribution in [2.45, 2.75) is 52.1 Å². The number of fused-ring (bicyclic) bond motifs is 3. The third-order valence-corrected chi connectivity index (χ3v) is 5.18. The fourth-order valence-electron chi connectivity index (χ4n) is 2.96. The van der Waals surface area contributed by atoms with Crippen molar-refractivity contribution in [1.29, 1.82) is 0 Å². The molecule has 0 saturated heterocycles. The van der Waals surface area contributed by atoms with Crippen LogP contribution in [0.1, 0.15) is 49.9 Å². The highest BCUT2D eigenvalue weighted by atomic mass is 32.1. The number of thiophene rings is 1. The number of rotatable bonds is 4. The maximum atomic E-state index is 5.78. The average Bonchev–Trinajstić information content (AvgIpc) is 2.84. The van der Waals surface area contributed by atoms with Crippen molar-refractivity contribution in [3.63, 3.8) is 0 Å². The average molecular weight is 306 g/mol. The number of nitrogens with one attached hydrogen (secondary N) is 1. The first-order chi connectivity index (χ1) is 10.1. The summed E-state index contributed by atoms with van der Waals surface area (Å²) in [7, 11) is 0. The Balaban J connectivity index is 2.18. The first-order valence-electron chi connectivity index (χ1n) is 7.50. The van der Waals surface area contributed by atoms with Crippen LogP contribution in [0.5, 0.6) is 0 Å². The van der Waals surface area contributed by atoms with E-state index in [2.05, 4.69) is 10.4 Å². The normalized spacial score (nSPS) is 15.2. The third-order valence-electron chi connectivity index (χ3n) is 4.00. The number of hydrazine groups is 1. The van der Waals surface area contributed by atoms with Gasteiger partial charge in [-0.2, -0.15) is 0 Å². The molecule has 1 aliphatic carbocycles. The van der Waals surface area contributed by atoms with Crippen LogP contribution in [0, 0.1) is 0 Å². The van der Waals surface area contributed by atoms with Gasteiger partial charge < -0.3 is 10.2 Å². The van der Waals surface area contributed by atoms with Gasteiger partial charge in [-0.25, -0.2) is 15.8 Å². The minimum Gasteiger partial charge on any atom is -0.368 e. The Bertz CT molecular complexity index is 665. The quantitative estimate of drug-likeness (QED) is 0.670. The van der Waals surface area contributed by atoms with Crippen molar-refractivity contribution < 1.29 is 4.74 Å². The number of nitrogens with two attached hydrogens (primary N) is 1. The van der Waals surface area contributed by atoms with E-state index in [0.29, 0.717) is 12.4 Å². The van der Waals surface area contributed by atoms with Crippen molar-refractivity contribution >= 4 is 27.4 Å². The van der Waals surface area contributed by atoms with Gasteiger partial charge in [0.25, 0.3) is 0 Å². The van der Waals surface area contributed by atoms with E-state index >= 15 is 0 Å². The van der Waals surface area contributed by atoms with Gasteiger partial charge in [-0.05, 0) is 52.0 Å². The Kier molecular flexibility index (Phi) is 3.86. The smallest absolute Gasteiger partial charge is 0.163 e. The Morgan fingerprint density at radius 3 is 2.76 bits per heavy atom. The fraction of sp³-hybridized carbons (Fsp3) is 0.600. The summed E-state index contributed by atoms with van der Waals surface area (Å²) in [5, 5.41) is 1.10. The molecule has 0 aliphatic heterocycles. The van der Waals surface area contributed by atoms with Gasteiger partial charge in [-0.15, -0.1) is 11.3 Å². The maximum absolute atomic E-state index is 5.78. The molecule has 6 heteroatoms. The van der Waals surface area contributed by atoms with Crippen molar-refractivity contribution in [2.75, 3.05) is 12.0 Å². The molecule has 0 saturated carbocycles. The molecular formula is C15H22N4OS. The summed E-state index contributed by atoms with van der Waals surface area (Å²) in [5.74, 6) is 7.13. The lowest BCUT2D eigenvalue weighted by Crippen LogP contribution is -2.25. The molecular weight excluding hydrogens is 284 g/mol. The number of aromatic nitrogens is 2. The van der Waals surface area contributed by atoms with E-state index in [-0.39, 0.29) is 0 Å². The zero-order valence-electron chi connectivity index (χ0n) is 12.8. The number of hydrogen-bond donors (Lipinski definition) is 2. The molecule has 3 rings (SSSR count). The molecule has 2 aromatic heterocycles. The lowest BCUT2D eigenvalue weighted by molar-refractivity contribution is -0.0204. The topological polar surface area (TPSA) is 73.1 Å². The largest absolute Gasteiger partial charge is 0.368 e. The highest BCUT2D eigenvalue weighted by Crippen LogP contribution is 2.39. The predicted molar refractivity (Wildman–Crippen MR) is 86.5 cm³/mol. The van der Waals surface area contributed by atoms with E-state index in [0.717, 1.165) is 28.9 Å². The number of hydrogen-bond acceptors (Lipinski definition) is 6. The van der Waals surface area contributed by atoms with Gasteiger partial charge in [0.1, 0.15) is 10.4 Å². The van der Waals surface area contributed by atoms with E-state index in [9.17, 15) is 0 Å². The summed E-state index contributed by atoms with van der Waals surface area (Å²) in [5.41, 5.74) is 3.63. The first-order valence-corrected chi connectivity index (χ1v) is 8.31. The van der Waals surface area contributed by atoms with Gasteiger partial charge >= 0.3 is 0 Å². The van der Waals surface area contributed by atoms with Gasteiger partial charge in [0.2, 0.25) is 0 Å². The van der Waals surface area contributed by atoms with Crippen LogP contribution in [0.4, 0.5) is 5.82 Å². The lowest BCUT2D eigenvalue weighted by atomic mass is 9.97. The summed E-state index contributed by atoms with van der Waals surface area (Å²) < 4.78 is 5.78. The number of ether oxygens (including phenoxy) is 1. The van der Waals surface area contributed by atoms with E-state index in [1.807, 2.05) is 20.8 Å². The number of nitrogen functional groups attached to an aromatic ring is 1. The zero-order chi connectivity index (χ0) is 15.0. The monoisotopic (exact) mass is 306 g/mol. The second-order valence-electron chi connectivity index (χ2n) is 5.87. The summed E-state index contributed by atoms with van der Waals surface area (Å²) >= 11 is 1.78. The van der Waals surface area contributed by atoms with Crippen LogP contribution in [0.15, 0.2) is 0 Å². The Morgan fingerprint density at radius 2 is 2.05 bits per heavy atom. The Labute approximate surface area is 128 Å². The van der Waals surface area contributed by atoms with E-state index < -0.39 is 5.60 Å². The molecule has 0 amide bonds. The van der Waals surface area contributed by atoms with Gasteiger partial charge in [-0.1, -0.05) is 0 Å². The fourth-order valence-corrected chi connectivity index (χ4v) is 4.22. The van der Waals surface area contributed by atoms with Crippen LogP contribution in [-0.2, 0) is 23.2 Å². The first kappa shape index (κ1) is 14.7. The van der Waals surface area contributed by atoms with Gasteiger partial charge in [-0.3, -0.25) is 0 Å². The Morgan fingerprint density at radius 1 is 1.29 bits per heavy atom. The second kappa shape index (κ2) is 5.51. The summed E-state index contributed by atoms with van der Waals surface area (Å²) in [6.07, 6.45) is 4.73. The lowest BCUT2D eigenvalue weighted by Gasteiger charge is -2.23. The molecule has 114 valence electrons. The van der Waals surface area contributed by atoms with Crippen LogP contribution in [0.3, 0.4) is 0 Å². The van der Waals surface area contributed by atoms with Gasteiger partial charge in [0.05, 0.1) is 5.39 Å². The minimum atomic E-state index is -0.515. The molecule has 21 heavy (non-hydrogen) atoms. The maximum Gasteiger partial charge on any atom is 0.163 e. The number of anilines is 1. The van der Waals surface area contributed by atoms with Gasteiger partial charge in [0, 0.05) is 11.5 Å². The SMILES string of the molecule is CCOC(C)(C)c1nc(NN)c2c3c(sc2n1)CCCC3. The highest BCUT2D eigenvalue weighted by Gasteiger charge is 2.28.